The summed E-state index contributed by atoms with van der Waals surface area (Å²) in [5.74, 6) is 1.21. The summed E-state index contributed by atoms with van der Waals surface area (Å²) in [4.78, 5) is 7.37. The molecule has 0 radical (unpaired) electrons. The van der Waals surface area contributed by atoms with E-state index in [-0.39, 0.29) is 11.9 Å². The highest BCUT2D eigenvalue weighted by Crippen LogP contribution is 2.38. The number of hydrogen-bond donors (Lipinski definition) is 1. The molecule has 1 N–H and O–H groups in total. The topological polar surface area (TPSA) is 70.9 Å². The Morgan fingerprint density at radius 2 is 2.14 bits per heavy atom. The Balaban J connectivity index is 2.05. The van der Waals surface area contributed by atoms with Crippen LogP contribution in [0, 0.1) is 17.1 Å². The number of halogens is 2. The fourth-order valence-electron chi connectivity index (χ4n) is 2.71. The van der Waals surface area contributed by atoms with Crippen molar-refractivity contribution in [2.24, 2.45) is 0 Å². The lowest BCUT2D eigenvalue weighted by molar-refractivity contribution is 0.222. The third kappa shape index (κ3) is 4.34. The summed E-state index contributed by atoms with van der Waals surface area (Å²) in [6.07, 6.45) is 1.68. The summed E-state index contributed by atoms with van der Waals surface area (Å²) in [5.41, 5.74) is 2.19. The summed E-state index contributed by atoms with van der Waals surface area (Å²) in [7, 11) is 0. The molecule has 3 aromatic rings. The van der Waals surface area contributed by atoms with E-state index < -0.39 is 0 Å². The van der Waals surface area contributed by atoms with Crippen LogP contribution in [0.3, 0.4) is 0 Å². The molecule has 0 unspecified atom stereocenters. The van der Waals surface area contributed by atoms with Crippen LogP contribution >= 0.6 is 15.9 Å². The van der Waals surface area contributed by atoms with Crippen molar-refractivity contribution in [3.8, 4) is 17.6 Å². The average molecular weight is 444 g/mol. The third-order valence-corrected chi connectivity index (χ3v) is 4.40. The molecule has 0 amide bonds. The molecule has 0 atom stereocenters. The van der Waals surface area contributed by atoms with E-state index in [0.717, 1.165) is 10.0 Å². The van der Waals surface area contributed by atoms with Crippen LogP contribution in [0.15, 0.2) is 34.8 Å². The van der Waals surface area contributed by atoms with E-state index in [1.54, 1.807) is 12.1 Å². The van der Waals surface area contributed by atoms with E-state index >= 15 is 0 Å². The zero-order valence-corrected chi connectivity index (χ0v) is 17.3. The van der Waals surface area contributed by atoms with Gasteiger partial charge in [0.1, 0.15) is 17.7 Å². The predicted octanol–water partition coefficient (Wildman–Crippen LogP) is 5.71. The van der Waals surface area contributed by atoms with Crippen molar-refractivity contribution in [2.75, 3.05) is 6.61 Å². The molecule has 2 aromatic carbocycles. The van der Waals surface area contributed by atoms with Crippen LogP contribution in [0.2, 0.25) is 0 Å². The molecule has 0 saturated carbocycles. The quantitative estimate of drug-likeness (QED) is 0.494. The maximum absolute atomic E-state index is 13.4. The molecule has 0 aliphatic rings. The van der Waals surface area contributed by atoms with E-state index in [2.05, 4.69) is 32.0 Å². The number of hydrogen-bond acceptors (Lipinski definition) is 4. The zero-order valence-electron chi connectivity index (χ0n) is 15.7. The van der Waals surface area contributed by atoms with Gasteiger partial charge in [0.05, 0.1) is 33.8 Å². The van der Waals surface area contributed by atoms with E-state index in [1.807, 2.05) is 32.9 Å². The molecule has 3 rings (SSSR count). The van der Waals surface area contributed by atoms with Gasteiger partial charge >= 0.3 is 0 Å². The molecule has 0 fully saturated rings. The largest absolute Gasteiger partial charge is 0.490 e. The van der Waals surface area contributed by atoms with E-state index in [9.17, 15) is 9.65 Å². The van der Waals surface area contributed by atoms with E-state index in [1.165, 1.54) is 12.1 Å². The summed E-state index contributed by atoms with van der Waals surface area (Å²) in [5, 5.41) is 9.62. The van der Waals surface area contributed by atoms with Crippen LogP contribution in [0.1, 0.15) is 32.2 Å². The van der Waals surface area contributed by atoms with Gasteiger partial charge in [-0.15, -0.1) is 0 Å². The molecule has 0 saturated heterocycles. The number of nitrogens with one attached hydrogen (secondary N) is 1. The molecular weight excluding hydrogens is 425 g/mol. The monoisotopic (exact) mass is 443 g/mol. The van der Waals surface area contributed by atoms with E-state index in [4.69, 9.17) is 9.47 Å². The van der Waals surface area contributed by atoms with Crippen molar-refractivity contribution in [3.63, 3.8) is 0 Å². The third-order valence-electron chi connectivity index (χ3n) is 3.82. The number of aromatic amines is 1. The highest BCUT2D eigenvalue weighted by Gasteiger charge is 2.15. The Labute approximate surface area is 170 Å². The number of nitrogens with zero attached hydrogens (tertiary/aromatic N) is 2. The van der Waals surface area contributed by atoms with E-state index in [0.29, 0.717) is 40.5 Å². The summed E-state index contributed by atoms with van der Waals surface area (Å²) in [6.45, 7) is 6.25. The molecule has 144 valence electrons. The Hall–Kier alpha value is -2.85. The maximum Gasteiger partial charge on any atom is 0.175 e. The second kappa shape index (κ2) is 8.44. The lowest BCUT2D eigenvalue weighted by Crippen LogP contribution is -2.08. The minimum Gasteiger partial charge on any atom is -0.490 e. The average Bonchev–Trinajstić information content (AvgIpc) is 3.05. The first kappa shape index (κ1) is 19.9. The number of allylic oxidation sites excluding steroid dienone is 1. The second-order valence-electron chi connectivity index (χ2n) is 6.35. The van der Waals surface area contributed by atoms with Gasteiger partial charge in [0.2, 0.25) is 0 Å². The van der Waals surface area contributed by atoms with Crippen LogP contribution in [0.25, 0.3) is 22.7 Å². The smallest absolute Gasteiger partial charge is 0.175 e. The Morgan fingerprint density at radius 1 is 1.36 bits per heavy atom. The van der Waals surface area contributed by atoms with Crippen LogP contribution in [-0.2, 0) is 0 Å². The molecule has 1 aromatic heterocycles. The number of H-pyrrole nitrogens is 1. The van der Waals surface area contributed by atoms with Gasteiger partial charge in [0.25, 0.3) is 0 Å². The van der Waals surface area contributed by atoms with Crippen molar-refractivity contribution in [3.05, 3.63) is 52.0 Å². The van der Waals surface area contributed by atoms with Gasteiger partial charge in [-0.3, -0.25) is 0 Å². The molecule has 0 bridgehead atoms. The normalized spacial score (nSPS) is 11.7. The number of aromatic nitrogens is 2. The van der Waals surface area contributed by atoms with Gasteiger partial charge < -0.3 is 14.5 Å². The molecule has 0 aliphatic heterocycles. The molecular formula is C21H19BrFN3O2. The SMILES string of the molecule is CCOc1cc(/C=C(/C#N)c2nc3ccc(F)cc3[nH]2)cc(Br)c1OC(C)C. The van der Waals surface area contributed by atoms with Crippen LogP contribution < -0.4 is 9.47 Å². The van der Waals surface area contributed by atoms with Gasteiger partial charge in [-0.1, -0.05) is 0 Å². The zero-order chi connectivity index (χ0) is 20.3. The fraction of sp³-hybridized carbons (Fsp3) is 0.238. The number of imidazole rings is 1. The standard InChI is InChI=1S/C21H19BrFN3O2/c1-4-27-19-9-13(8-16(22)20(19)28-12(2)3)7-14(11-24)21-25-17-6-5-15(23)10-18(17)26-21/h5-10,12H,4H2,1-3H3,(H,25,26)/b14-7-. The number of ether oxygens (including phenoxy) is 2. The molecule has 7 heteroatoms. The molecule has 28 heavy (non-hydrogen) atoms. The number of fused-ring (bicyclic) bond motifs is 1. The van der Waals surface area contributed by atoms with Crippen molar-refractivity contribution in [2.45, 2.75) is 26.9 Å². The second-order valence-corrected chi connectivity index (χ2v) is 7.20. The van der Waals surface area contributed by atoms with Gasteiger partial charge in [-0.05, 0) is 78.7 Å². The highest BCUT2D eigenvalue weighted by atomic mass is 79.9. The lowest BCUT2D eigenvalue weighted by Gasteiger charge is -2.17. The first-order valence-electron chi connectivity index (χ1n) is 8.81. The Morgan fingerprint density at radius 3 is 2.82 bits per heavy atom. The molecule has 5 nitrogen and oxygen atoms in total. The Kier molecular flexibility index (Phi) is 6.00. The van der Waals surface area contributed by atoms with Crippen molar-refractivity contribution in [1.82, 2.24) is 9.97 Å². The number of nitriles is 1. The molecule has 1 heterocycles. The maximum atomic E-state index is 13.4. The van der Waals surface area contributed by atoms with Gasteiger partial charge in [0.15, 0.2) is 11.5 Å². The summed E-state index contributed by atoms with van der Waals surface area (Å²) < 4.78 is 25.7. The minimum absolute atomic E-state index is 0.0116. The number of rotatable bonds is 6. The lowest BCUT2D eigenvalue weighted by atomic mass is 10.1. The molecule has 0 aliphatic carbocycles. The molecule has 0 spiro atoms. The van der Waals surface area contributed by atoms with Crippen molar-refractivity contribution in [1.29, 1.82) is 5.26 Å². The first-order valence-corrected chi connectivity index (χ1v) is 9.61. The Bertz CT molecular complexity index is 1080. The highest BCUT2D eigenvalue weighted by molar-refractivity contribution is 9.10. The summed E-state index contributed by atoms with van der Waals surface area (Å²) in [6, 6.07) is 10.1. The van der Waals surface area contributed by atoms with Gasteiger partial charge in [-0.2, -0.15) is 5.26 Å². The summed E-state index contributed by atoms with van der Waals surface area (Å²) >= 11 is 3.52. The van der Waals surface area contributed by atoms with Crippen molar-refractivity contribution >= 4 is 38.6 Å². The minimum atomic E-state index is -0.365. The first-order chi connectivity index (χ1) is 13.4. The van der Waals surface area contributed by atoms with Gasteiger partial charge in [-0.25, -0.2) is 9.37 Å². The number of benzene rings is 2. The van der Waals surface area contributed by atoms with Crippen LogP contribution in [0.5, 0.6) is 11.5 Å². The van der Waals surface area contributed by atoms with Gasteiger partial charge in [0, 0.05) is 0 Å². The van der Waals surface area contributed by atoms with Crippen LogP contribution in [-0.4, -0.2) is 22.7 Å². The van der Waals surface area contributed by atoms with Crippen molar-refractivity contribution < 1.29 is 13.9 Å². The fourth-order valence-corrected chi connectivity index (χ4v) is 3.27. The predicted molar refractivity (Wildman–Crippen MR) is 111 cm³/mol. The van der Waals surface area contributed by atoms with Crippen LogP contribution in [0.4, 0.5) is 4.39 Å².